The number of nitrogens with zero attached hydrogens (tertiary/aromatic N) is 3. The SMILES string of the molecule is CC(C)Oc1cc2c(=O)c3c4ccc(C#N)cc4[nH]c3n(C3CCC3)c2cc1-c1cncc(OS(=O)(=O)F)c1. The summed E-state index contributed by atoms with van der Waals surface area (Å²) in [6.07, 6.45) is 5.27. The number of ether oxygens (including phenoxy) is 1. The van der Waals surface area contributed by atoms with Gasteiger partial charge in [-0.15, -0.1) is 0 Å². The number of fused-ring (bicyclic) bond motifs is 4. The molecule has 5 aromatic rings. The van der Waals surface area contributed by atoms with Crippen molar-refractivity contribution < 1.29 is 21.2 Å². The van der Waals surface area contributed by atoms with Crippen LogP contribution in [0.5, 0.6) is 11.5 Å². The number of nitrogens with one attached hydrogen (secondary N) is 1. The zero-order valence-corrected chi connectivity index (χ0v) is 21.9. The molecular formula is C28H23FN4O5S. The van der Waals surface area contributed by atoms with Crippen molar-refractivity contribution in [2.24, 2.45) is 0 Å². The summed E-state index contributed by atoms with van der Waals surface area (Å²) in [6, 6.07) is 12.4. The summed E-state index contributed by atoms with van der Waals surface area (Å²) in [6.45, 7) is 3.70. The van der Waals surface area contributed by atoms with E-state index in [9.17, 15) is 22.4 Å². The molecule has 0 radical (unpaired) electrons. The summed E-state index contributed by atoms with van der Waals surface area (Å²) in [4.78, 5) is 21.4. The number of nitriles is 1. The van der Waals surface area contributed by atoms with E-state index in [1.807, 2.05) is 19.9 Å². The lowest BCUT2D eigenvalue weighted by Gasteiger charge is -2.31. The van der Waals surface area contributed by atoms with Crippen LogP contribution in [0.15, 0.2) is 53.6 Å². The zero-order chi connectivity index (χ0) is 27.5. The molecule has 0 atom stereocenters. The quantitative estimate of drug-likeness (QED) is 0.272. The maximum Gasteiger partial charge on any atom is 0.488 e. The number of aromatic nitrogens is 3. The highest BCUT2D eigenvalue weighted by Gasteiger charge is 2.27. The van der Waals surface area contributed by atoms with Gasteiger partial charge in [-0.25, -0.2) is 0 Å². The second-order valence-corrected chi connectivity index (χ2v) is 10.9. The number of rotatable bonds is 6. The number of H-pyrrole nitrogens is 1. The van der Waals surface area contributed by atoms with E-state index in [1.54, 1.807) is 24.3 Å². The Morgan fingerprint density at radius 1 is 1.15 bits per heavy atom. The second kappa shape index (κ2) is 9.10. The highest BCUT2D eigenvalue weighted by Crippen LogP contribution is 2.41. The van der Waals surface area contributed by atoms with Gasteiger partial charge in [0.15, 0.2) is 11.2 Å². The molecule has 0 aliphatic heterocycles. The summed E-state index contributed by atoms with van der Waals surface area (Å²) >= 11 is 0. The van der Waals surface area contributed by atoms with Crippen molar-refractivity contribution >= 4 is 43.3 Å². The van der Waals surface area contributed by atoms with Gasteiger partial charge in [0.1, 0.15) is 11.4 Å². The van der Waals surface area contributed by atoms with Crippen LogP contribution in [0.25, 0.3) is 44.0 Å². The number of benzene rings is 2. The first-order valence-electron chi connectivity index (χ1n) is 12.5. The molecule has 3 aromatic heterocycles. The first-order valence-corrected chi connectivity index (χ1v) is 13.8. The maximum absolute atomic E-state index is 14.0. The average Bonchev–Trinajstić information content (AvgIpc) is 3.22. The monoisotopic (exact) mass is 546 g/mol. The first kappa shape index (κ1) is 24.9. The minimum atomic E-state index is -5.24. The molecule has 9 nitrogen and oxygen atoms in total. The summed E-state index contributed by atoms with van der Waals surface area (Å²) in [5, 5.41) is 11.1. The normalized spacial score (nSPS) is 14.1. The minimum absolute atomic E-state index is 0.147. The van der Waals surface area contributed by atoms with E-state index < -0.39 is 10.5 Å². The lowest BCUT2D eigenvalue weighted by Crippen LogP contribution is -2.21. The van der Waals surface area contributed by atoms with Crippen molar-refractivity contribution in [3.63, 3.8) is 0 Å². The molecule has 0 bridgehead atoms. The summed E-state index contributed by atoms with van der Waals surface area (Å²) in [7, 11) is -5.24. The third-order valence-corrected chi connectivity index (χ3v) is 7.39. The Bertz CT molecular complexity index is 2000. The summed E-state index contributed by atoms with van der Waals surface area (Å²) in [5.41, 5.74) is 3.32. The number of aromatic amines is 1. The number of halogens is 1. The fourth-order valence-electron chi connectivity index (χ4n) is 5.20. The lowest BCUT2D eigenvalue weighted by atomic mass is 9.91. The van der Waals surface area contributed by atoms with Crippen LogP contribution in [0.3, 0.4) is 0 Å². The molecule has 0 spiro atoms. The Balaban J connectivity index is 1.69. The Kier molecular flexibility index (Phi) is 5.80. The fourth-order valence-corrected chi connectivity index (χ4v) is 5.52. The second-order valence-electron chi connectivity index (χ2n) is 9.92. The van der Waals surface area contributed by atoms with Gasteiger partial charge >= 0.3 is 10.5 Å². The maximum atomic E-state index is 14.0. The van der Waals surface area contributed by atoms with Gasteiger partial charge in [-0.05, 0) is 63.4 Å². The van der Waals surface area contributed by atoms with E-state index in [2.05, 4.69) is 24.8 Å². The molecule has 1 saturated carbocycles. The van der Waals surface area contributed by atoms with Crippen LogP contribution in [0.1, 0.15) is 44.7 Å². The molecule has 0 saturated heterocycles. The van der Waals surface area contributed by atoms with E-state index in [1.165, 1.54) is 12.3 Å². The van der Waals surface area contributed by atoms with Gasteiger partial charge in [-0.1, -0.05) is 9.95 Å². The molecule has 2 aromatic carbocycles. The number of hydrogen-bond acceptors (Lipinski definition) is 7. The first-order chi connectivity index (χ1) is 18.6. The van der Waals surface area contributed by atoms with Crippen molar-refractivity contribution in [3.8, 4) is 28.7 Å². The van der Waals surface area contributed by atoms with Gasteiger partial charge in [0.05, 0.1) is 40.2 Å². The topological polar surface area (TPSA) is 127 Å². The highest BCUT2D eigenvalue weighted by molar-refractivity contribution is 7.81. The zero-order valence-electron chi connectivity index (χ0n) is 21.1. The van der Waals surface area contributed by atoms with E-state index in [4.69, 9.17) is 4.74 Å². The molecule has 1 aliphatic carbocycles. The molecule has 0 unspecified atom stereocenters. The fraction of sp³-hybridized carbons (Fsp3) is 0.250. The molecule has 39 heavy (non-hydrogen) atoms. The van der Waals surface area contributed by atoms with Gasteiger partial charge in [0, 0.05) is 34.3 Å². The van der Waals surface area contributed by atoms with Gasteiger partial charge in [0.25, 0.3) is 0 Å². The van der Waals surface area contributed by atoms with Crippen LogP contribution in [0, 0.1) is 11.3 Å². The van der Waals surface area contributed by atoms with Gasteiger partial charge in [-0.2, -0.15) is 13.7 Å². The van der Waals surface area contributed by atoms with Crippen molar-refractivity contribution in [1.82, 2.24) is 14.5 Å². The molecule has 198 valence electrons. The molecular weight excluding hydrogens is 523 g/mol. The van der Waals surface area contributed by atoms with Gasteiger partial charge in [0.2, 0.25) is 0 Å². The van der Waals surface area contributed by atoms with Crippen LogP contribution in [-0.2, 0) is 10.5 Å². The van der Waals surface area contributed by atoms with E-state index >= 15 is 0 Å². The van der Waals surface area contributed by atoms with E-state index in [-0.39, 0.29) is 23.3 Å². The molecule has 6 rings (SSSR count). The van der Waals surface area contributed by atoms with Crippen LogP contribution in [0.2, 0.25) is 0 Å². The summed E-state index contributed by atoms with van der Waals surface area (Å²) in [5.74, 6) is 0.101. The molecule has 1 fully saturated rings. The largest absolute Gasteiger partial charge is 0.490 e. The predicted molar refractivity (Wildman–Crippen MR) is 145 cm³/mol. The standard InChI is InChI=1S/C28H23FN4O5S/c1-15(2)37-25-11-22-24(10-21(25)17-9-19(14-31-13-17)38-39(29,35)36)33(18-4-3-5-18)28-26(27(22)34)20-7-6-16(12-30)8-23(20)32-28/h6-11,13-15,18,32H,3-5H2,1-2H3. The molecule has 3 heterocycles. The third kappa shape index (κ3) is 4.36. The Labute approximate surface area is 222 Å². The van der Waals surface area contributed by atoms with E-state index in [0.717, 1.165) is 30.8 Å². The number of hydrogen-bond donors (Lipinski definition) is 1. The summed E-state index contributed by atoms with van der Waals surface area (Å²) < 4.78 is 48.0. The van der Waals surface area contributed by atoms with Gasteiger partial charge in [-0.3, -0.25) is 9.78 Å². The lowest BCUT2D eigenvalue weighted by molar-refractivity contribution is 0.244. The predicted octanol–water partition coefficient (Wildman–Crippen LogP) is 5.67. The van der Waals surface area contributed by atoms with E-state index in [0.29, 0.717) is 49.9 Å². The van der Waals surface area contributed by atoms with Crippen LogP contribution >= 0.6 is 0 Å². The van der Waals surface area contributed by atoms with Crippen LogP contribution in [-0.4, -0.2) is 29.1 Å². The molecule has 0 amide bonds. The average molecular weight is 547 g/mol. The smallest absolute Gasteiger partial charge is 0.488 e. The minimum Gasteiger partial charge on any atom is -0.490 e. The van der Waals surface area contributed by atoms with Crippen molar-refractivity contribution in [1.29, 1.82) is 5.26 Å². The number of pyridine rings is 2. The Morgan fingerprint density at radius 3 is 2.62 bits per heavy atom. The molecule has 1 N–H and O–H groups in total. The highest BCUT2D eigenvalue weighted by atomic mass is 32.3. The van der Waals surface area contributed by atoms with Crippen molar-refractivity contribution in [3.05, 3.63) is 64.6 Å². The Morgan fingerprint density at radius 2 is 1.95 bits per heavy atom. The van der Waals surface area contributed by atoms with Crippen molar-refractivity contribution in [2.75, 3.05) is 0 Å². The Hall–Kier alpha value is -4.43. The molecule has 11 heteroatoms. The van der Waals surface area contributed by atoms with Gasteiger partial charge < -0.3 is 18.5 Å². The van der Waals surface area contributed by atoms with Crippen LogP contribution < -0.4 is 14.3 Å². The molecule has 1 aliphatic rings. The van der Waals surface area contributed by atoms with Crippen molar-refractivity contribution in [2.45, 2.75) is 45.3 Å². The van der Waals surface area contributed by atoms with Crippen LogP contribution in [0.4, 0.5) is 3.89 Å². The third-order valence-electron chi connectivity index (χ3n) is 7.00.